The van der Waals surface area contributed by atoms with Crippen molar-refractivity contribution in [1.82, 2.24) is 5.32 Å². The van der Waals surface area contributed by atoms with Crippen LogP contribution in [0.15, 0.2) is 89.8 Å². The number of benzene rings is 3. The Kier molecular flexibility index (Phi) is 7.13. The molecule has 1 amide bonds. The van der Waals surface area contributed by atoms with Gasteiger partial charge in [-0.2, -0.15) is 0 Å². The predicted molar refractivity (Wildman–Crippen MR) is 125 cm³/mol. The number of hydrogen-bond acceptors (Lipinski definition) is 3. The number of hydrogen-bond donors (Lipinski definition) is 1. The van der Waals surface area contributed by atoms with Gasteiger partial charge in [0.25, 0.3) is 15.9 Å². The Morgan fingerprint density at radius 2 is 1.52 bits per heavy atom. The second-order valence-electron chi connectivity index (χ2n) is 7.90. The fourth-order valence-electron chi connectivity index (χ4n) is 3.41. The van der Waals surface area contributed by atoms with E-state index < -0.39 is 10.0 Å². The lowest BCUT2D eigenvalue weighted by Crippen LogP contribution is -2.30. The molecule has 0 bridgehead atoms. The van der Waals surface area contributed by atoms with E-state index in [1.54, 1.807) is 36.4 Å². The molecule has 0 saturated carbocycles. The second kappa shape index (κ2) is 9.79. The van der Waals surface area contributed by atoms with Gasteiger partial charge in [-0.15, -0.1) is 0 Å². The largest absolute Gasteiger partial charge is 0.345 e. The third-order valence-electron chi connectivity index (χ3n) is 5.09. The highest BCUT2D eigenvalue weighted by atomic mass is 32.2. The van der Waals surface area contributed by atoms with Gasteiger partial charge < -0.3 is 5.32 Å². The standard InChI is InChI=1S/C25H28N2O3S/c1-19(2)17-24(20-11-6-4-7-12-20)26-25(28)21-13-10-16-23(18-21)31(29,30)27(3)22-14-8-5-9-15-22/h4-16,18-19,24H,17H2,1-3H3,(H,26,28)/t24-/m0/s1. The third kappa shape index (κ3) is 5.52. The van der Waals surface area contributed by atoms with Crippen LogP contribution in [-0.2, 0) is 10.0 Å². The maximum Gasteiger partial charge on any atom is 0.264 e. The van der Waals surface area contributed by atoms with Crippen LogP contribution >= 0.6 is 0 Å². The van der Waals surface area contributed by atoms with Gasteiger partial charge in [-0.3, -0.25) is 9.10 Å². The van der Waals surface area contributed by atoms with Crippen LogP contribution in [-0.4, -0.2) is 21.4 Å². The average molecular weight is 437 g/mol. The number of carbonyl (C=O) groups is 1. The molecule has 0 fully saturated rings. The predicted octanol–water partition coefficient (Wildman–Crippen LogP) is 5.03. The SMILES string of the molecule is CC(C)C[C@H](NC(=O)c1cccc(S(=O)(=O)N(C)c2ccccc2)c1)c1ccccc1. The second-order valence-corrected chi connectivity index (χ2v) is 9.87. The van der Waals surface area contributed by atoms with Crippen LogP contribution in [0.3, 0.4) is 0 Å². The van der Waals surface area contributed by atoms with Gasteiger partial charge in [-0.25, -0.2) is 8.42 Å². The Hall–Kier alpha value is -3.12. The Labute approximate surface area is 184 Å². The van der Waals surface area contributed by atoms with Crippen LogP contribution in [0.5, 0.6) is 0 Å². The molecule has 0 heterocycles. The molecule has 0 spiro atoms. The molecule has 3 aromatic carbocycles. The van der Waals surface area contributed by atoms with Crippen molar-refractivity contribution in [2.75, 3.05) is 11.4 Å². The molecule has 0 aliphatic heterocycles. The maximum atomic E-state index is 13.1. The van der Waals surface area contributed by atoms with Gasteiger partial charge in [-0.1, -0.05) is 68.4 Å². The van der Waals surface area contributed by atoms with E-state index in [9.17, 15) is 13.2 Å². The van der Waals surface area contributed by atoms with Crippen molar-refractivity contribution < 1.29 is 13.2 Å². The zero-order chi connectivity index (χ0) is 22.4. The number of nitrogens with zero attached hydrogens (tertiary/aromatic N) is 1. The lowest BCUT2D eigenvalue weighted by atomic mass is 9.96. The van der Waals surface area contributed by atoms with E-state index in [1.807, 2.05) is 36.4 Å². The molecule has 0 aliphatic carbocycles. The van der Waals surface area contributed by atoms with Crippen LogP contribution in [0.2, 0.25) is 0 Å². The summed E-state index contributed by atoms with van der Waals surface area (Å²) in [7, 11) is -2.29. The first-order valence-corrected chi connectivity index (χ1v) is 11.7. The molecule has 0 saturated heterocycles. The lowest BCUT2D eigenvalue weighted by molar-refractivity contribution is 0.0931. The number of nitrogens with one attached hydrogen (secondary N) is 1. The minimum atomic E-state index is -3.79. The van der Waals surface area contributed by atoms with Crippen molar-refractivity contribution in [3.05, 3.63) is 96.1 Å². The smallest absolute Gasteiger partial charge is 0.264 e. The molecule has 6 heteroatoms. The van der Waals surface area contributed by atoms with E-state index in [0.29, 0.717) is 17.2 Å². The fraction of sp³-hybridized carbons (Fsp3) is 0.240. The summed E-state index contributed by atoms with van der Waals surface area (Å²) in [6.45, 7) is 4.21. The molecule has 0 aliphatic rings. The Morgan fingerprint density at radius 3 is 2.13 bits per heavy atom. The molecule has 0 radical (unpaired) electrons. The summed E-state index contributed by atoms with van der Waals surface area (Å²) in [5.41, 5.74) is 1.89. The highest BCUT2D eigenvalue weighted by Gasteiger charge is 2.23. The van der Waals surface area contributed by atoms with Gasteiger partial charge in [-0.05, 0) is 48.2 Å². The summed E-state index contributed by atoms with van der Waals surface area (Å²) in [4.78, 5) is 13.1. The van der Waals surface area contributed by atoms with Crippen LogP contribution in [0, 0.1) is 5.92 Å². The maximum absolute atomic E-state index is 13.1. The Balaban J connectivity index is 1.85. The molecule has 0 aromatic heterocycles. The Bertz CT molecular complexity index is 1110. The highest BCUT2D eigenvalue weighted by molar-refractivity contribution is 7.92. The number of para-hydroxylation sites is 1. The molecular formula is C25H28N2O3S. The van der Waals surface area contributed by atoms with Crippen LogP contribution in [0.1, 0.15) is 42.2 Å². The van der Waals surface area contributed by atoms with E-state index >= 15 is 0 Å². The lowest BCUT2D eigenvalue weighted by Gasteiger charge is -2.22. The summed E-state index contributed by atoms with van der Waals surface area (Å²) < 4.78 is 27.4. The minimum Gasteiger partial charge on any atom is -0.345 e. The molecular weight excluding hydrogens is 408 g/mol. The topological polar surface area (TPSA) is 66.5 Å². The summed E-state index contributed by atoms with van der Waals surface area (Å²) in [5, 5.41) is 3.07. The van der Waals surface area contributed by atoms with E-state index in [2.05, 4.69) is 19.2 Å². The van der Waals surface area contributed by atoms with Crippen LogP contribution in [0.4, 0.5) is 5.69 Å². The summed E-state index contributed by atoms with van der Waals surface area (Å²) in [6.07, 6.45) is 0.782. The first-order chi connectivity index (χ1) is 14.8. The zero-order valence-electron chi connectivity index (χ0n) is 18.0. The van der Waals surface area contributed by atoms with Gasteiger partial charge in [0, 0.05) is 12.6 Å². The Morgan fingerprint density at radius 1 is 0.903 bits per heavy atom. The molecule has 3 rings (SSSR count). The molecule has 5 nitrogen and oxygen atoms in total. The van der Waals surface area contributed by atoms with Gasteiger partial charge in [0.2, 0.25) is 0 Å². The number of rotatable bonds is 8. The van der Waals surface area contributed by atoms with E-state index in [0.717, 1.165) is 12.0 Å². The molecule has 162 valence electrons. The van der Waals surface area contributed by atoms with Crippen LogP contribution in [0.25, 0.3) is 0 Å². The monoisotopic (exact) mass is 436 g/mol. The van der Waals surface area contributed by atoms with Gasteiger partial charge in [0.1, 0.15) is 0 Å². The number of sulfonamides is 1. The van der Waals surface area contributed by atoms with Gasteiger partial charge in [0.15, 0.2) is 0 Å². The summed E-state index contributed by atoms with van der Waals surface area (Å²) in [5.74, 6) is 0.0886. The van der Waals surface area contributed by atoms with Crippen molar-refractivity contribution in [3.63, 3.8) is 0 Å². The van der Waals surface area contributed by atoms with Gasteiger partial charge in [0.05, 0.1) is 16.6 Å². The fourth-order valence-corrected chi connectivity index (χ4v) is 4.65. The highest BCUT2D eigenvalue weighted by Crippen LogP contribution is 2.24. The summed E-state index contributed by atoms with van der Waals surface area (Å²) in [6, 6.07) is 24.7. The minimum absolute atomic E-state index is 0.0756. The van der Waals surface area contributed by atoms with Gasteiger partial charge >= 0.3 is 0 Å². The average Bonchev–Trinajstić information content (AvgIpc) is 2.79. The van der Waals surface area contributed by atoms with Crippen LogP contribution < -0.4 is 9.62 Å². The molecule has 3 aromatic rings. The normalized spacial score (nSPS) is 12.4. The summed E-state index contributed by atoms with van der Waals surface area (Å²) >= 11 is 0. The zero-order valence-corrected chi connectivity index (χ0v) is 18.8. The molecule has 0 unspecified atom stereocenters. The first kappa shape index (κ1) is 22.6. The third-order valence-corrected chi connectivity index (χ3v) is 6.87. The first-order valence-electron chi connectivity index (χ1n) is 10.3. The molecule has 1 N–H and O–H groups in total. The molecule has 1 atom stereocenters. The van der Waals surface area contributed by atoms with Crippen molar-refractivity contribution >= 4 is 21.6 Å². The number of carbonyl (C=O) groups excluding carboxylic acids is 1. The molecule has 31 heavy (non-hydrogen) atoms. The van der Waals surface area contributed by atoms with Crippen molar-refractivity contribution in [3.8, 4) is 0 Å². The number of anilines is 1. The van der Waals surface area contributed by atoms with E-state index in [4.69, 9.17) is 0 Å². The quantitative estimate of drug-likeness (QED) is 0.539. The van der Waals surface area contributed by atoms with E-state index in [1.165, 1.54) is 23.5 Å². The van der Waals surface area contributed by atoms with Crippen molar-refractivity contribution in [2.45, 2.75) is 31.2 Å². The van der Waals surface area contributed by atoms with Crippen molar-refractivity contribution in [1.29, 1.82) is 0 Å². The number of amides is 1. The van der Waals surface area contributed by atoms with E-state index in [-0.39, 0.29) is 16.8 Å². The van der Waals surface area contributed by atoms with Crippen molar-refractivity contribution in [2.24, 2.45) is 5.92 Å².